The summed E-state index contributed by atoms with van der Waals surface area (Å²) in [6, 6.07) is 3.61. The molecule has 2 N–H and O–H groups in total. The molecule has 0 aliphatic heterocycles. The molecule has 18 heavy (non-hydrogen) atoms. The number of halogens is 1. The van der Waals surface area contributed by atoms with Crippen molar-refractivity contribution >= 4 is 0 Å². The van der Waals surface area contributed by atoms with E-state index in [-0.39, 0.29) is 5.41 Å². The number of alkyl halides is 1. The molecule has 1 atom stereocenters. The number of rotatable bonds is 5. The van der Waals surface area contributed by atoms with Crippen LogP contribution in [0.2, 0.25) is 0 Å². The SMILES string of the molecule is COc1cc(C2(CN)CC2)c(OC)cc1C(C)F. The summed E-state index contributed by atoms with van der Waals surface area (Å²) < 4.78 is 24.2. The molecule has 1 fully saturated rings. The second-order valence-corrected chi connectivity index (χ2v) is 4.89. The second-order valence-electron chi connectivity index (χ2n) is 4.89. The van der Waals surface area contributed by atoms with Gasteiger partial charge in [-0.3, -0.25) is 0 Å². The van der Waals surface area contributed by atoms with E-state index in [2.05, 4.69) is 0 Å². The third-order valence-corrected chi connectivity index (χ3v) is 3.80. The van der Waals surface area contributed by atoms with Gasteiger partial charge in [0.1, 0.15) is 17.7 Å². The molecule has 0 bridgehead atoms. The average Bonchev–Trinajstić information content (AvgIpc) is 3.17. The molecule has 0 heterocycles. The minimum atomic E-state index is -1.09. The first-order chi connectivity index (χ1) is 8.57. The van der Waals surface area contributed by atoms with Crippen molar-refractivity contribution in [1.82, 2.24) is 0 Å². The first-order valence-corrected chi connectivity index (χ1v) is 6.18. The van der Waals surface area contributed by atoms with Crippen LogP contribution in [0.25, 0.3) is 0 Å². The van der Waals surface area contributed by atoms with Crippen molar-refractivity contribution in [3.8, 4) is 11.5 Å². The van der Waals surface area contributed by atoms with Gasteiger partial charge in [-0.2, -0.15) is 0 Å². The Morgan fingerprint density at radius 1 is 1.28 bits per heavy atom. The lowest BCUT2D eigenvalue weighted by atomic mass is 9.92. The molecular formula is C14H20FNO2. The van der Waals surface area contributed by atoms with Crippen LogP contribution in [0.5, 0.6) is 11.5 Å². The minimum Gasteiger partial charge on any atom is -0.496 e. The molecule has 1 aliphatic carbocycles. The van der Waals surface area contributed by atoms with Crippen molar-refractivity contribution in [3.63, 3.8) is 0 Å². The number of methoxy groups -OCH3 is 2. The molecule has 0 amide bonds. The van der Waals surface area contributed by atoms with Crippen LogP contribution < -0.4 is 15.2 Å². The predicted molar refractivity (Wildman–Crippen MR) is 69.0 cm³/mol. The first kappa shape index (κ1) is 13.1. The molecular weight excluding hydrogens is 233 g/mol. The van der Waals surface area contributed by atoms with Crippen LogP contribution in [0.4, 0.5) is 4.39 Å². The van der Waals surface area contributed by atoms with E-state index in [1.807, 2.05) is 6.07 Å². The van der Waals surface area contributed by atoms with Gasteiger partial charge in [-0.15, -0.1) is 0 Å². The zero-order valence-corrected chi connectivity index (χ0v) is 11.1. The highest BCUT2D eigenvalue weighted by molar-refractivity contribution is 5.52. The normalized spacial score (nSPS) is 18.3. The predicted octanol–water partition coefficient (Wildman–Crippen LogP) is 2.72. The molecule has 0 saturated heterocycles. The van der Waals surface area contributed by atoms with E-state index >= 15 is 0 Å². The van der Waals surface area contributed by atoms with Gasteiger partial charge in [0.25, 0.3) is 0 Å². The Balaban J connectivity index is 2.53. The molecule has 1 aromatic carbocycles. The maximum atomic E-state index is 13.6. The van der Waals surface area contributed by atoms with Crippen LogP contribution in [-0.2, 0) is 5.41 Å². The Morgan fingerprint density at radius 3 is 2.28 bits per heavy atom. The van der Waals surface area contributed by atoms with Gasteiger partial charge in [0, 0.05) is 23.1 Å². The van der Waals surface area contributed by atoms with Gasteiger partial charge in [-0.25, -0.2) is 4.39 Å². The van der Waals surface area contributed by atoms with Gasteiger partial charge < -0.3 is 15.2 Å². The topological polar surface area (TPSA) is 44.5 Å². The van der Waals surface area contributed by atoms with Gasteiger partial charge in [-0.1, -0.05) is 0 Å². The third-order valence-electron chi connectivity index (χ3n) is 3.80. The summed E-state index contributed by atoms with van der Waals surface area (Å²) >= 11 is 0. The summed E-state index contributed by atoms with van der Waals surface area (Å²) in [5.41, 5.74) is 7.40. The average molecular weight is 253 g/mol. The molecule has 100 valence electrons. The summed E-state index contributed by atoms with van der Waals surface area (Å²) in [7, 11) is 3.16. The number of nitrogens with two attached hydrogens (primary N) is 1. The number of hydrogen-bond acceptors (Lipinski definition) is 3. The minimum absolute atomic E-state index is 0.00327. The molecule has 4 heteroatoms. The molecule has 1 saturated carbocycles. The van der Waals surface area contributed by atoms with E-state index in [0.717, 1.165) is 18.4 Å². The van der Waals surface area contributed by atoms with Crippen LogP contribution in [0.3, 0.4) is 0 Å². The van der Waals surface area contributed by atoms with Crippen molar-refractivity contribution < 1.29 is 13.9 Å². The van der Waals surface area contributed by atoms with Crippen molar-refractivity contribution in [3.05, 3.63) is 23.3 Å². The Hall–Kier alpha value is -1.29. The number of hydrogen-bond donors (Lipinski definition) is 1. The zero-order valence-electron chi connectivity index (χ0n) is 11.1. The van der Waals surface area contributed by atoms with Crippen LogP contribution in [0, 0.1) is 0 Å². The first-order valence-electron chi connectivity index (χ1n) is 6.18. The smallest absolute Gasteiger partial charge is 0.126 e. The van der Waals surface area contributed by atoms with Gasteiger partial charge in [0.15, 0.2) is 0 Å². The lowest BCUT2D eigenvalue weighted by Crippen LogP contribution is -2.20. The lowest BCUT2D eigenvalue weighted by molar-refractivity contribution is 0.340. The summed E-state index contributed by atoms with van der Waals surface area (Å²) in [5.74, 6) is 1.28. The van der Waals surface area contributed by atoms with Crippen molar-refractivity contribution in [2.75, 3.05) is 20.8 Å². The van der Waals surface area contributed by atoms with E-state index < -0.39 is 6.17 Å². The van der Waals surface area contributed by atoms with E-state index in [1.54, 1.807) is 20.3 Å². The number of benzene rings is 1. The van der Waals surface area contributed by atoms with Gasteiger partial charge in [-0.05, 0) is 31.9 Å². The summed E-state index contributed by atoms with van der Waals surface area (Å²) in [6.45, 7) is 2.07. The summed E-state index contributed by atoms with van der Waals surface area (Å²) in [5, 5.41) is 0. The fourth-order valence-electron chi connectivity index (χ4n) is 2.38. The van der Waals surface area contributed by atoms with Crippen molar-refractivity contribution in [2.24, 2.45) is 5.73 Å². The molecule has 1 aliphatic rings. The van der Waals surface area contributed by atoms with Gasteiger partial charge in [0.05, 0.1) is 14.2 Å². The van der Waals surface area contributed by atoms with Crippen LogP contribution >= 0.6 is 0 Å². The van der Waals surface area contributed by atoms with Gasteiger partial charge in [0.2, 0.25) is 0 Å². The largest absolute Gasteiger partial charge is 0.496 e. The van der Waals surface area contributed by atoms with Crippen LogP contribution in [-0.4, -0.2) is 20.8 Å². The van der Waals surface area contributed by atoms with E-state index in [4.69, 9.17) is 15.2 Å². The molecule has 0 aromatic heterocycles. The second kappa shape index (κ2) is 4.76. The van der Waals surface area contributed by atoms with E-state index in [1.165, 1.54) is 6.92 Å². The van der Waals surface area contributed by atoms with Crippen molar-refractivity contribution in [2.45, 2.75) is 31.4 Å². The molecule has 2 rings (SSSR count). The molecule has 0 radical (unpaired) electrons. The standard InChI is InChI=1S/C14H20FNO2/c1-9(15)10-6-13(18-3)11(7-12(10)17-2)14(8-16)4-5-14/h6-7,9H,4-5,8,16H2,1-3H3. The Bertz CT molecular complexity index is 442. The molecule has 0 spiro atoms. The fraction of sp³-hybridized carbons (Fsp3) is 0.571. The number of ether oxygens (including phenoxy) is 2. The Kier molecular flexibility index (Phi) is 3.48. The fourth-order valence-corrected chi connectivity index (χ4v) is 2.38. The monoisotopic (exact) mass is 253 g/mol. The van der Waals surface area contributed by atoms with E-state index in [9.17, 15) is 4.39 Å². The van der Waals surface area contributed by atoms with E-state index in [0.29, 0.717) is 23.6 Å². The maximum Gasteiger partial charge on any atom is 0.126 e. The molecule has 3 nitrogen and oxygen atoms in total. The van der Waals surface area contributed by atoms with Crippen molar-refractivity contribution in [1.29, 1.82) is 0 Å². The maximum absolute atomic E-state index is 13.6. The Morgan fingerprint density at radius 2 is 1.89 bits per heavy atom. The highest BCUT2D eigenvalue weighted by Crippen LogP contribution is 2.52. The quantitative estimate of drug-likeness (QED) is 0.877. The zero-order chi connectivity index (χ0) is 13.3. The lowest BCUT2D eigenvalue weighted by Gasteiger charge is -2.20. The highest BCUT2D eigenvalue weighted by atomic mass is 19.1. The third kappa shape index (κ3) is 2.05. The Labute approximate surface area is 107 Å². The summed E-state index contributed by atoms with van der Waals surface area (Å²) in [4.78, 5) is 0. The highest BCUT2D eigenvalue weighted by Gasteiger charge is 2.45. The molecule has 1 aromatic rings. The summed E-state index contributed by atoms with van der Waals surface area (Å²) in [6.07, 6.45) is 1.01. The molecule has 1 unspecified atom stereocenters. The van der Waals surface area contributed by atoms with Crippen LogP contribution in [0.15, 0.2) is 12.1 Å². The van der Waals surface area contributed by atoms with Gasteiger partial charge >= 0.3 is 0 Å². The van der Waals surface area contributed by atoms with Crippen LogP contribution in [0.1, 0.15) is 37.1 Å².